The van der Waals surface area contributed by atoms with Gasteiger partial charge in [-0.05, 0) is 169 Å². The van der Waals surface area contributed by atoms with E-state index in [0.29, 0.717) is 0 Å². The first-order chi connectivity index (χ1) is 34.3. The Morgan fingerprint density at radius 2 is 0.857 bits per heavy atom. The van der Waals surface area contributed by atoms with Crippen LogP contribution in [-0.4, -0.2) is 0 Å². The van der Waals surface area contributed by atoms with Crippen molar-refractivity contribution in [2.75, 3.05) is 9.80 Å². The van der Waals surface area contributed by atoms with Crippen LogP contribution in [0.1, 0.15) is 62.8 Å². The van der Waals surface area contributed by atoms with Crippen LogP contribution in [0.4, 0.5) is 34.1 Å². The van der Waals surface area contributed by atoms with Crippen LogP contribution in [-0.2, 0) is 10.8 Å². The normalized spacial score (nSPS) is 14.9. The number of allylic oxidation sites excluding steroid dienone is 4. The Morgan fingerprint density at radius 1 is 0.371 bits per heavy atom. The van der Waals surface area contributed by atoms with Crippen molar-refractivity contribution >= 4 is 61.2 Å². The molecule has 70 heavy (non-hydrogen) atoms. The molecule has 2 nitrogen and oxygen atoms in total. The Hall–Kier alpha value is -8.20. The third-order valence-electron chi connectivity index (χ3n) is 15.7. The van der Waals surface area contributed by atoms with Crippen LogP contribution in [0.15, 0.2) is 236 Å². The van der Waals surface area contributed by atoms with Gasteiger partial charge in [-0.15, -0.1) is 0 Å². The number of fused-ring (bicyclic) bond motifs is 7. The number of nitrogens with zero attached hydrogens (tertiary/aromatic N) is 2. The van der Waals surface area contributed by atoms with Gasteiger partial charge in [0.15, 0.2) is 0 Å². The van der Waals surface area contributed by atoms with Crippen LogP contribution in [0, 0.1) is 0 Å². The summed E-state index contributed by atoms with van der Waals surface area (Å²) in [5.74, 6) is 0. The average Bonchev–Trinajstić information content (AvgIpc) is 3.78. The van der Waals surface area contributed by atoms with E-state index in [-0.39, 0.29) is 10.8 Å². The summed E-state index contributed by atoms with van der Waals surface area (Å²) >= 11 is 0. The standard InChI is InChI=1S/C68H54N2/c1-67(2)59-32-18-16-27-52(59)54-41-35-45(43-61(54)67)64-56-29-14-15-30-57(56)65(46-36-42-55-53-28-17-19-33-60(53)68(3,4)62(55)44-46)66-58(64)31-20-34-63(66)70(49-25-12-7-13-26-49)51-39-37-50(38-40-51)69(47-21-8-5-9-22-47)48-23-10-6-11-24-48/h5-18,20-32,34-44H,19,33H2,1-4H3. The summed E-state index contributed by atoms with van der Waals surface area (Å²) in [6.45, 7) is 9.65. The lowest BCUT2D eigenvalue weighted by Crippen LogP contribution is -2.17. The summed E-state index contributed by atoms with van der Waals surface area (Å²) in [6.07, 6.45) is 6.94. The zero-order valence-corrected chi connectivity index (χ0v) is 40.2. The number of anilines is 6. The second-order valence-corrected chi connectivity index (χ2v) is 20.3. The van der Waals surface area contributed by atoms with Gasteiger partial charge < -0.3 is 9.80 Å². The van der Waals surface area contributed by atoms with Crippen LogP contribution in [0.5, 0.6) is 0 Å². The van der Waals surface area contributed by atoms with E-state index in [4.69, 9.17) is 0 Å². The van der Waals surface area contributed by atoms with E-state index in [1.807, 2.05) is 0 Å². The number of para-hydroxylation sites is 3. The SMILES string of the molecule is CC1(C)C2=C(C=CCC2)c2ccc(-c3c4ccccc4c(-c4ccc5c(c4)C(C)(C)c4ccccc4-5)c4cccc(N(c5ccccc5)c5ccc(N(c6ccccc6)c6ccccc6)cc5)c34)cc21. The van der Waals surface area contributed by atoms with E-state index in [0.717, 1.165) is 47.0 Å². The maximum atomic E-state index is 2.54. The molecular formula is C68H54N2. The quantitative estimate of drug-likeness (QED) is 0.140. The van der Waals surface area contributed by atoms with Crippen molar-refractivity contribution in [1.82, 2.24) is 0 Å². The number of hydrogen-bond acceptors (Lipinski definition) is 2. The zero-order valence-electron chi connectivity index (χ0n) is 40.2. The number of rotatable bonds is 8. The largest absolute Gasteiger partial charge is 0.311 e. The van der Waals surface area contributed by atoms with E-state index in [1.54, 1.807) is 5.57 Å². The van der Waals surface area contributed by atoms with Gasteiger partial charge in [0.1, 0.15) is 0 Å². The first-order valence-electron chi connectivity index (χ1n) is 24.9. The summed E-state index contributed by atoms with van der Waals surface area (Å²) in [5.41, 5.74) is 22.6. The summed E-state index contributed by atoms with van der Waals surface area (Å²) in [7, 11) is 0. The molecule has 2 heteroatoms. The monoisotopic (exact) mass is 898 g/mol. The second-order valence-electron chi connectivity index (χ2n) is 20.3. The van der Waals surface area contributed by atoms with Gasteiger partial charge in [-0.3, -0.25) is 0 Å². The first-order valence-corrected chi connectivity index (χ1v) is 24.9. The van der Waals surface area contributed by atoms with Gasteiger partial charge in [-0.25, -0.2) is 0 Å². The molecule has 0 aromatic heterocycles. The number of hydrogen-bond donors (Lipinski definition) is 0. The van der Waals surface area contributed by atoms with Crippen LogP contribution in [0.3, 0.4) is 0 Å². The third kappa shape index (κ3) is 6.47. The summed E-state index contributed by atoms with van der Waals surface area (Å²) in [6, 6.07) is 81.2. The average molecular weight is 899 g/mol. The Morgan fingerprint density at radius 3 is 1.51 bits per heavy atom. The van der Waals surface area contributed by atoms with Crippen molar-refractivity contribution in [3.05, 3.63) is 258 Å². The molecule has 0 saturated heterocycles. The Labute approximate surface area is 412 Å². The van der Waals surface area contributed by atoms with Crippen molar-refractivity contribution in [1.29, 1.82) is 0 Å². The molecule has 0 unspecified atom stereocenters. The van der Waals surface area contributed by atoms with E-state index >= 15 is 0 Å². The third-order valence-corrected chi connectivity index (χ3v) is 15.7. The maximum Gasteiger partial charge on any atom is 0.0546 e. The molecule has 0 bridgehead atoms. The molecule has 0 N–H and O–H groups in total. The van der Waals surface area contributed by atoms with Crippen LogP contribution in [0.2, 0.25) is 0 Å². The smallest absolute Gasteiger partial charge is 0.0546 e. The van der Waals surface area contributed by atoms with E-state index in [9.17, 15) is 0 Å². The highest BCUT2D eigenvalue weighted by molar-refractivity contribution is 6.25. The van der Waals surface area contributed by atoms with Crippen LogP contribution >= 0.6 is 0 Å². The van der Waals surface area contributed by atoms with Gasteiger partial charge in [0.2, 0.25) is 0 Å². The van der Waals surface area contributed by atoms with E-state index < -0.39 is 0 Å². The zero-order chi connectivity index (χ0) is 47.1. The lowest BCUT2D eigenvalue weighted by molar-refractivity contribution is 0.607. The Bertz CT molecular complexity index is 3710. The molecule has 0 saturated carbocycles. The fraction of sp³-hybridized carbons (Fsp3) is 0.118. The Kier molecular flexibility index (Phi) is 9.72. The second kappa shape index (κ2) is 16.2. The molecule has 0 heterocycles. The molecule has 3 aliphatic carbocycles. The van der Waals surface area contributed by atoms with Crippen molar-refractivity contribution in [3.8, 4) is 33.4 Å². The van der Waals surface area contributed by atoms with Gasteiger partial charge >= 0.3 is 0 Å². The molecule has 0 amide bonds. The molecule has 3 aliphatic rings. The highest BCUT2D eigenvalue weighted by atomic mass is 15.2. The molecule has 13 rings (SSSR count). The minimum Gasteiger partial charge on any atom is -0.311 e. The van der Waals surface area contributed by atoms with Crippen molar-refractivity contribution in [2.24, 2.45) is 0 Å². The summed E-state index contributed by atoms with van der Waals surface area (Å²) < 4.78 is 0. The first kappa shape index (κ1) is 41.9. The van der Waals surface area contributed by atoms with Gasteiger partial charge in [-0.2, -0.15) is 0 Å². The Balaban J connectivity index is 1.08. The predicted octanol–water partition coefficient (Wildman–Crippen LogP) is 19.0. The van der Waals surface area contributed by atoms with Crippen molar-refractivity contribution in [3.63, 3.8) is 0 Å². The number of benzene rings is 10. The molecule has 0 fully saturated rings. The summed E-state index contributed by atoms with van der Waals surface area (Å²) in [4.78, 5) is 4.81. The van der Waals surface area contributed by atoms with Crippen LogP contribution < -0.4 is 9.80 Å². The fourth-order valence-corrected chi connectivity index (χ4v) is 12.4. The van der Waals surface area contributed by atoms with Crippen LogP contribution in [0.25, 0.3) is 60.5 Å². The lowest BCUT2D eigenvalue weighted by atomic mass is 9.77. The molecule has 10 aromatic rings. The van der Waals surface area contributed by atoms with Gasteiger partial charge in [-0.1, -0.05) is 185 Å². The highest BCUT2D eigenvalue weighted by Gasteiger charge is 2.38. The van der Waals surface area contributed by atoms with Gasteiger partial charge in [0.25, 0.3) is 0 Å². The lowest BCUT2D eigenvalue weighted by Gasteiger charge is -2.30. The van der Waals surface area contributed by atoms with Gasteiger partial charge in [0, 0.05) is 44.7 Å². The highest BCUT2D eigenvalue weighted by Crippen LogP contribution is 2.55. The van der Waals surface area contributed by atoms with Crippen molar-refractivity contribution < 1.29 is 0 Å². The van der Waals surface area contributed by atoms with Crippen molar-refractivity contribution in [2.45, 2.75) is 51.4 Å². The molecule has 336 valence electrons. The molecular weight excluding hydrogens is 845 g/mol. The van der Waals surface area contributed by atoms with E-state index in [1.165, 1.54) is 82.8 Å². The minimum absolute atomic E-state index is 0.0696. The van der Waals surface area contributed by atoms with Gasteiger partial charge in [0.05, 0.1) is 5.69 Å². The maximum absolute atomic E-state index is 2.54. The topological polar surface area (TPSA) is 6.48 Å². The minimum atomic E-state index is -0.134. The molecule has 0 atom stereocenters. The molecule has 0 radical (unpaired) electrons. The predicted molar refractivity (Wildman–Crippen MR) is 298 cm³/mol. The fourth-order valence-electron chi connectivity index (χ4n) is 12.4. The molecule has 0 aliphatic heterocycles. The van der Waals surface area contributed by atoms with E-state index in [2.05, 4.69) is 268 Å². The summed E-state index contributed by atoms with van der Waals surface area (Å²) in [5, 5.41) is 4.97. The molecule has 10 aromatic carbocycles. The molecule has 0 spiro atoms.